The molecule has 1 aliphatic heterocycles. The molecule has 0 bridgehead atoms. The molecule has 2 rings (SSSR count). The Labute approximate surface area is 120 Å². The summed E-state index contributed by atoms with van der Waals surface area (Å²) >= 11 is 0. The van der Waals surface area contributed by atoms with Crippen LogP contribution < -0.4 is 16.2 Å². The molecular weight excluding hydrogens is 254 g/mol. The van der Waals surface area contributed by atoms with E-state index in [0.717, 1.165) is 56.2 Å². The van der Waals surface area contributed by atoms with E-state index in [4.69, 9.17) is 10.6 Å². The van der Waals surface area contributed by atoms with Crippen molar-refractivity contribution in [3.63, 3.8) is 0 Å². The average Bonchev–Trinajstić information content (AvgIpc) is 2.98. The van der Waals surface area contributed by atoms with Crippen LogP contribution >= 0.6 is 0 Å². The Hall–Kier alpha value is -1.40. The van der Waals surface area contributed by atoms with Crippen LogP contribution in [0.3, 0.4) is 0 Å². The molecule has 1 aliphatic rings. The van der Waals surface area contributed by atoms with Crippen LogP contribution in [0.4, 0.5) is 11.6 Å². The maximum absolute atomic E-state index is 5.73. The largest absolute Gasteiger partial charge is 0.376 e. The van der Waals surface area contributed by atoms with E-state index >= 15 is 0 Å². The van der Waals surface area contributed by atoms with Crippen molar-refractivity contribution in [1.29, 1.82) is 0 Å². The number of nitrogens with one attached hydrogen (secondary N) is 1. The molecule has 1 fully saturated rings. The first-order chi connectivity index (χ1) is 9.69. The van der Waals surface area contributed by atoms with Crippen molar-refractivity contribution in [2.45, 2.75) is 46.1 Å². The van der Waals surface area contributed by atoms with Gasteiger partial charge in [0.05, 0.1) is 6.10 Å². The van der Waals surface area contributed by atoms with Crippen LogP contribution in [0.25, 0.3) is 0 Å². The lowest BCUT2D eigenvalue weighted by molar-refractivity contribution is 0.115. The number of nitrogens with zero attached hydrogens (tertiary/aromatic N) is 3. The van der Waals surface area contributed by atoms with Gasteiger partial charge >= 0.3 is 0 Å². The normalized spacial score (nSPS) is 18.3. The molecule has 20 heavy (non-hydrogen) atoms. The monoisotopic (exact) mass is 279 g/mol. The van der Waals surface area contributed by atoms with E-state index in [1.165, 1.54) is 0 Å². The van der Waals surface area contributed by atoms with Crippen LogP contribution in [0.1, 0.15) is 38.1 Å². The van der Waals surface area contributed by atoms with Gasteiger partial charge in [-0.2, -0.15) is 0 Å². The van der Waals surface area contributed by atoms with Gasteiger partial charge in [-0.15, -0.1) is 0 Å². The summed E-state index contributed by atoms with van der Waals surface area (Å²) in [4.78, 5) is 11.3. The van der Waals surface area contributed by atoms with Crippen molar-refractivity contribution < 1.29 is 4.74 Å². The summed E-state index contributed by atoms with van der Waals surface area (Å²) in [6.07, 6.45) is 3.38. The van der Waals surface area contributed by atoms with Gasteiger partial charge in [-0.25, -0.2) is 15.8 Å². The summed E-state index contributed by atoms with van der Waals surface area (Å²) in [5, 5.41) is 0. The molecule has 0 saturated carbocycles. The van der Waals surface area contributed by atoms with Gasteiger partial charge in [0, 0.05) is 31.7 Å². The number of anilines is 2. The van der Waals surface area contributed by atoms with Crippen LogP contribution in [0, 0.1) is 6.92 Å². The molecule has 1 atom stereocenters. The molecule has 2 heterocycles. The zero-order valence-electron chi connectivity index (χ0n) is 12.6. The number of rotatable bonds is 6. The standard InChI is InChI=1S/C14H25N5O/c1-4-12-16-13(18-15)10(3)14(17-12)19(5-2)9-11-7-6-8-20-11/h11H,4-9,15H2,1-3H3,(H,16,17,18). The number of aryl methyl sites for hydroxylation is 1. The van der Waals surface area contributed by atoms with Crippen molar-refractivity contribution in [2.24, 2.45) is 5.84 Å². The second kappa shape index (κ2) is 6.85. The van der Waals surface area contributed by atoms with Gasteiger partial charge in [-0.1, -0.05) is 6.92 Å². The highest BCUT2D eigenvalue weighted by molar-refractivity contribution is 5.58. The number of hydrogen-bond donors (Lipinski definition) is 2. The van der Waals surface area contributed by atoms with Crippen LogP contribution in [-0.4, -0.2) is 35.8 Å². The predicted octanol–water partition coefficient (Wildman–Crippen LogP) is 1.64. The fourth-order valence-electron chi connectivity index (χ4n) is 2.56. The highest BCUT2D eigenvalue weighted by atomic mass is 16.5. The van der Waals surface area contributed by atoms with E-state index in [9.17, 15) is 0 Å². The lowest BCUT2D eigenvalue weighted by Gasteiger charge is -2.27. The van der Waals surface area contributed by atoms with Gasteiger partial charge < -0.3 is 15.1 Å². The molecule has 0 aliphatic carbocycles. The summed E-state index contributed by atoms with van der Waals surface area (Å²) < 4.78 is 5.73. The number of hydrazine groups is 1. The van der Waals surface area contributed by atoms with Gasteiger partial charge in [0.25, 0.3) is 0 Å². The highest BCUT2D eigenvalue weighted by Crippen LogP contribution is 2.25. The van der Waals surface area contributed by atoms with Crippen LogP contribution in [0.15, 0.2) is 0 Å². The lowest BCUT2D eigenvalue weighted by atomic mass is 10.2. The smallest absolute Gasteiger partial charge is 0.148 e. The molecule has 1 saturated heterocycles. The third kappa shape index (κ3) is 3.19. The second-order valence-electron chi connectivity index (χ2n) is 5.11. The molecule has 0 radical (unpaired) electrons. The van der Waals surface area contributed by atoms with Crippen LogP contribution in [0.2, 0.25) is 0 Å². The number of likely N-dealkylation sites (N-methyl/N-ethyl adjacent to an activating group) is 1. The molecule has 0 aromatic carbocycles. The highest BCUT2D eigenvalue weighted by Gasteiger charge is 2.21. The topological polar surface area (TPSA) is 76.3 Å². The van der Waals surface area contributed by atoms with Gasteiger partial charge in [0.1, 0.15) is 17.5 Å². The summed E-state index contributed by atoms with van der Waals surface area (Å²) in [6.45, 7) is 8.83. The summed E-state index contributed by atoms with van der Waals surface area (Å²) in [5.74, 6) is 8.04. The molecule has 1 aromatic rings. The minimum absolute atomic E-state index is 0.309. The third-order valence-corrected chi connectivity index (χ3v) is 3.75. The van der Waals surface area contributed by atoms with Crippen molar-refractivity contribution in [1.82, 2.24) is 9.97 Å². The Morgan fingerprint density at radius 2 is 2.20 bits per heavy atom. The van der Waals surface area contributed by atoms with Crippen molar-refractivity contribution >= 4 is 11.6 Å². The maximum Gasteiger partial charge on any atom is 0.148 e. The Balaban J connectivity index is 2.27. The van der Waals surface area contributed by atoms with Crippen molar-refractivity contribution in [3.05, 3.63) is 11.4 Å². The van der Waals surface area contributed by atoms with E-state index in [-0.39, 0.29) is 0 Å². The van der Waals surface area contributed by atoms with Gasteiger partial charge in [0.2, 0.25) is 0 Å². The Morgan fingerprint density at radius 3 is 2.75 bits per heavy atom. The molecule has 0 spiro atoms. The molecule has 1 aromatic heterocycles. The lowest BCUT2D eigenvalue weighted by Crippen LogP contribution is -2.34. The predicted molar refractivity (Wildman–Crippen MR) is 80.8 cm³/mol. The minimum Gasteiger partial charge on any atom is -0.376 e. The Kier molecular flexibility index (Phi) is 5.14. The quantitative estimate of drug-likeness (QED) is 0.609. The molecule has 6 heteroatoms. The minimum atomic E-state index is 0.309. The van der Waals surface area contributed by atoms with E-state index in [0.29, 0.717) is 11.9 Å². The van der Waals surface area contributed by atoms with E-state index in [1.54, 1.807) is 0 Å². The van der Waals surface area contributed by atoms with Crippen LogP contribution in [0.5, 0.6) is 0 Å². The fraction of sp³-hybridized carbons (Fsp3) is 0.714. The van der Waals surface area contributed by atoms with Gasteiger partial charge in [-0.3, -0.25) is 0 Å². The first kappa shape index (κ1) is 15.0. The molecule has 112 valence electrons. The first-order valence-corrected chi connectivity index (χ1v) is 7.40. The Morgan fingerprint density at radius 1 is 1.40 bits per heavy atom. The zero-order valence-corrected chi connectivity index (χ0v) is 12.6. The molecule has 1 unspecified atom stereocenters. The number of nitrogen functional groups attached to an aromatic ring is 1. The molecule has 6 nitrogen and oxygen atoms in total. The van der Waals surface area contributed by atoms with E-state index in [1.807, 2.05) is 13.8 Å². The third-order valence-electron chi connectivity index (χ3n) is 3.75. The van der Waals surface area contributed by atoms with Crippen molar-refractivity contribution in [2.75, 3.05) is 30.0 Å². The number of hydrogen-bond acceptors (Lipinski definition) is 6. The number of nitrogens with two attached hydrogens (primary N) is 1. The van der Waals surface area contributed by atoms with Crippen molar-refractivity contribution in [3.8, 4) is 0 Å². The number of aromatic nitrogens is 2. The molecular formula is C14H25N5O. The summed E-state index contributed by atoms with van der Waals surface area (Å²) in [5.41, 5.74) is 3.66. The first-order valence-electron chi connectivity index (χ1n) is 7.40. The number of ether oxygens (including phenoxy) is 1. The average molecular weight is 279 g/mol. The van der Waals surface area contributed by atoms with Gasteiger partial charge in [0.15, 0.2) is 0 Å². The van der Waals surface area contributed by atoms with Crippen LogP contribution in [-0.2, 0) is 11.2 Å². The van der Waals surface area contributed by atoms with E-state index < -0.39 is 0 Å². The molecule has 3 N–H and O–H groups in total. The Bertz CT molecular complexity index is 445. The zero-order chi connectivity index (χ0) is 14.5. The fourth-order valence-corrected chi connectivity index (χ4v) is 2.56. The molecule has 0 amide bonds. The SMILES string of the molecule is CCc1nc(NN)c(C)c(N(CC)CC2CCCO2)n1. The second-order valence-corrected chi connectivity index (χ2v) is 5.11. The maximum atomic E-state index is 5.73. The summed E-state index contributed by atoms with van der Waals surface area (Å²) in [6, 6.07) is 0. The van der Waals surface area contributed by atoms with E-state index in [2.05, 4.69) is 27.2 Å². The summed E-state index contributed by atoms with van der Waals surface area (Å²) in [7, 11) is 0. The van der Waals surface area contributed by atoms with Gasteiger partial charge in [-0.05, 0) is 26.7 Å².